The molecule has 0 spiro atoms. The first-order valence-electron chi connectivity index (χ1n) is 6.09. The molecule has 0 saturated carbocycles. The molecule has 1 atom stereocenters. The topological polar surface area (TPSA) is 38.0 Å². The van der Waals surface area contributed by atoms with Gasteiger partial charge < -0.3 is 11.1 Å². The Morgan fingerprint density at radius 2 is 1.30 bits per heavy atom. The molecule has 0 aliphatic heterocycles. The molecule has 0 fully saturated rings. The first kappa shape index (κ1) is 16.7. The Balaban J connectivity index is 3.27. The molecule has 7 heteroatoms. The minimum Gasteiger partial charge on any atom is -0.377 e. The smallest absolute Gasteiger partial charge is 0.200 e. The minimum absolute atomic E-state index is 0.213. The zero-order valence-corrected chi connectivity index (χ0v) is 11.5. The molecule has 0 amide bonds. The predicted molar refractivity (Wildman–Crippen MR) is 66.8 cm³/mol. The van der Waals surface area contributed by atoms with E-state index < -0.39 is 46.2 Å². The van der Waals surface area contributed by atoms with Crippen LogP contribution in [0.25, 0.3) is 0 Å². The molecule has 2 nitrogen and oxygen atoms in total. The quantitative estimate of drug-likeness (QED) is 0.506. The normalized spacial score (nSPS) is 13.4. The fourth-order valence-electron chi connectivity index (χ4n) is 1.79. The summed E-state index contributed by atoms with van der Waals surface area (Å²) in [5, 5.41) is 2.39. The van der Waals surface area contributed by atoms with Gasteiger partial charge in [0.05, 0.1) is 0 Å². The van der Waals surface area contributed by atoms with Crippen LogP contribution in [0, 0.1) is 34.5 Å². The molecule has 20 heavy (non-hydrogen) atoms. The molecule has 3 N–H and O–H groups in total. The molecule has 0 bridgehead atoms. The van der Waals surface area contributed by atoms with E-state index >= 15 is 0 Å². The molecule has 0 aliphatic rings. The van der Waals surface area contributed by atoms with E-state index in [0.29, 0.717) is 6.42 Å². The van der Waals surface area contributed by atoms with Crippen molar-refractivity contribution in [2.45, 2.75) is 33.2 Å². The molecule has 0 radical (unpaired) electrons. The van der Waals surface area contributed by atoms with E-state index in [1.165, 1.54) is 0 Å². The Morgan fingerprint density at radius 1 is 0.900 bits per heavy atom. The van der Waals surface area contributed by atoms with Gasteiger partial charge in [-0.2, -0.15) is 0 Å². The first-order chi connectivity index (χ1) is 9.11. The number of halogens is 5. The van der Waals surface area contributed by atoms with Gasteiger partial charge in [0.2, 0.25) is 5.82 Å². The van der Waals surface area contributed by atoms with Crippen molar-refractivity contribution in [3.8, 4) is 0 Å². The lowest BCUT2D eigenvalue weighted by molar-refractivity contribution is 0.323. The van der Waals surface area contributed by atoms with E-state index in [0.717, 1.165) is 0 Å². The van der Waals surface area contributed by atoms with Gasteiger partial charge in [-0.25, -0.2) is 22.0 Å². The number of nitrogens with two attached hydrogens (primary N) is 1. The lowest BCUT2D eigenvalue weighted by atomic mass is 9.84. The zero-order chi connectivity index (χ0) is 15.7. The third-order valence-corrected chi connectivity index (χ3v) is 3.03. The van der Waals surface area contributed by atoms with Crippen molar-refractivity contribution in [1.82, 2.24) is 0 Å². The summed E-state index contributed by atoms with van der Waals surface area (Å²) < 4.78 is 66.3. The molecular formula is C13H17F5N2. The van der Waals surface area contributed by atoms with Crippen LogP contribution < -0.4 is 11.1 Å². The summed E-state index contributed by atoms with van der Waals surface area (Å²) >= 11 is 0. The van der Waals surface area contributed by atoms with Gasteiger partial charge in [0.25, 0.3) is 0 Å². The molecule has 1 rings (SSSR count). The van der Waals surface area contributed by atoms with Crippen molar-refractivity contribution in [1.29, 1.82) is 0 Å². The fourth-order valence-corrected chi connectivity index (χ4v) is 1.79. The number of hydrogen-bond donors (Lipinski definition) is 2. The largest absolute Gasteiger partial charge is 0.377 e. The van der Waals surface area contributed by atoms with E-state index in [2.05, 4.69) is 5.32 Å². The van der Waals surface area contributed by atoms with Gasteiger partial charge in [-0.3, -0.25) is 0 Å². The van der Waals surface area contributed by atoms with Crippen LogP contribution in [-0.2, 0) is 0 Å². The van der Waals surface area contributed by atoms with Crippen LogP contribution in [0.2, 0.25) is 0 Å². The second kappa shape index (κ2) is 5.95. The Hall–Kier alpha value is -1.37. The van der Waals surface area contributed by atoms with Crippen molar-refractivity contribution in [3.63, 3.8) is 0 Å². The van der Waals surface area contributed by atoms with Crippen molar-refractivity contribution < 1.29 is 22.0 Å². The second-order valence-electron chi connectivity index (χ2n) is 5.59. The highest BCUT2D eigenvalue weighted by atomic mass is 19.2. The van der Waals surface area contributed by atoms with Crippen LogP contribution in [0.15, 0.2) is 0 Å². The first-order valence-corrected chi connectivity index (χ1v) is 6.09. The molecule has 0 aromatic heterocycles. The van der Waals surface area contributed by atoms with Crippen LogP contribution in [0.4, 0.5) is 27.6 Å². The van der Waals surface area contributed by atoms with Crippen LogP contribution in [-0.4, -0.2) is 12.6 Å². The van der Waals surface area contributed by atoms with Crippen LogP contribution in [0.1, 0.15) is 27.2 Å². The number of nitrogens with one attached hydrogen (secondary N) is 1. The molecule has 0 saturated heterocycles. The Labute approximate surface area is 114 Å². The van der Waals surface area contributed by atoms with E-state index in [1.807, 2.05) is 0 Å². The third-order valence-electron chi connectivity index (χ3n) is 3.03. The van der Waals surface area contributed by atoms with Crippen molar-refractivity contribution in [2.24, 2.45) is 11.1 Å². The van der Waals surface area contributed by atoms with Gasteiger partial charge in [0.15, 0.2) is 23.3 Å². The highest BCUT2D eigenvalue weighted by Crippen LogP contribution is 2.31. The Bertz CT molecular complexity index is 468. The zero-order valence-electron chi connectivity index (χ0n) is 11.5. The second-order valence-corrected chi connectivity index (χ2v) is 5.59. The molecule has 1 aromatic carbocycles. The highest BCUT2D eigenvalue weighted by molar-refractivity contribution is 5.48. The van der Waals surface area contributed by atoms with E-state index in [9.17, 15) is 22.0 Å². The Morgan fingerprint density at radius 3 is 1.65 bits per heavy atom. The summed E-state index contributed by atoms with van der Waals surface area (Å²) in [5.41, 5.74) is 3.91. The Kier molecular flexibility index (Phi) is 4.96. The molecule has 1 unspecified atom stereocenters. The van der Waals surface area contributed by atoms with E-state index in [4.69, 9.17) is 5.73 Å². The summed E-state index contributed by atoms with van der Waals surface area (Å²) in [5.74, 6) is -9.84. The van der Waals surface area contributed by atoms with E-state index in [1.54, 1.807) is 20.8 Å². The number of rotatable bonds is 4. The predicted octanol–water partition coefficient (Wildman–Crippen LogP) is 3.56. The van der Waals surface area contributed by atoms with Crippen LogP contribution in [0.5, 0.6) is 0 Å². The molecule has 114 valence electrons. The maximum absolute atomic E-state index is 13.6. The van der Waals surface area contributed by atoms with Crippen molar-refractivity contribution in [2.75, 3.05) is 11.9 Å². The van der Waals surface area contributed by atoms with Gasteiger partial charge >= 0.3 is 0 Å². The lowest BCUT2D eigenvalue weighted by Crippen LogP contribution is -2.36. The lowest BCUT2D eigenvalue weighted by Gasteiger charge is -2.32. The monoisotopic (exact) mass is 296 g/mol. The summed E-state index contributed by atoms with van der Waals surface area (Å²) in [7, 11) is 0. The molecule has 0 aliphatic carbocycles. The average Bonchev–Trinajstić information content (AvgIpc) is 2.36. The van der Waals surface area contributed by atoms with Crippen LogP contribution in [0.3, 0.4) is 0 Å². The van der Waals surface area contributed by atoms with Gasteiger partial charge in [0.1, 0.15) is 5.69 Å². The number of benzene rings is 1. The van der Waals surface area contributed by atoms with Crippen LogP contribution >= 0.6 is 0 Å². The number of anilines is 1. The summed E-state index contributed by atoms with van der Waals surface area (Å²) in [6.07, 6.45) is 0.322. The maximum atomic E-state index is 13.6. The SMILES string of the molecule is CC(C)(C)C(CCN)Nc1c(F)c(F)c(F)c(F)c1F. The molecular weight excluding hydrogens is 279 g/mol. The fraction of sp³-hybridized carbons (Fsp3) is 0.538. The highest BCUT2D eigenvalue weighted by Gasteiger charge is 2.30. The minimum atomic E-state index is -2.17. The average molecular weight is 296 g/mol. The van der Waals surface area contributed by atoms with Crippen molar-refractivity contribution in [3.05, 3.63) is 29.1 Å². The molecule has 1 aromatic rings. The van der Waals surface area contributed by atoms with Gasteiger partial charge in [-0.15, -0.1) is 0 Å². The summed E-state index contributed by atoms with van der Waals surface area (Å²) in [6, 6.07) is -0.541. The molecule has 0 heterocycles. The standard InChI is InChI=1S/C13H17F5N2/c1-13(2,3)6(4-5-19)20-12-10(17)8(15)7(14)9(16)11(12)18/h6,20H,4-5,19H2,1-3H3. The maximum Gasteiger partial charge on any atom is 0.200 e. The van der Waals surface area contributed by atoms with Gasteiger partial charge in [-0.05, 0) is 18.4 Å². The van der Waals surface area contributed by atoms with Gasteiger partial charge in [-0.1, -0.05) is 20.8 Å². The third kappa shape index (κ3) is 3.20. The van der Waals surface area contributed by atoms with Crippen molar-refractivity contribution >= 4 is 5.69 Å². The van der Waals surface area contributed by atoms with Gasteiger partial charge in [0, 0.05) is 6.04 Å². The summed E-state index contributed by atoms with van der Waals surface area (Å²) in [4.78, 5) is 0. The number of hydrogen-bond acceptors (Lipinski definition) is 2. The van der Waals surface area contributed by atoms with E-state index in [-0.39, 0.29) is 6.54 Å². The summed E-state index contributed by atoms with van der Waals surface area (Å²) in [6.45, 7) is 5.52.